The summed E-state index contributed by atoms with van der Waals surface area (Å²) in [5.74, 6) is 4.01. The average molecular weight is 981 g/mol. The van der Waals surface area contributed by atoms with Gasteiger partial charge in [-0.2, -0.15) is 0 Å². The number of fused-ring (bicyclic) bond motifs is 3. The van der Waals surface area contributed by atoms with Crippen LogP contribution in [-0.2, 0) is 20.9 Å². The summed E-state index contributed by atoms with van der Waals surface area (Å²) in [5.41, 5.74) is 4.17. The summed E-state index contributed by atoms with van der Waals surface area (Å²) in [6.45, 7) is 11.0. The van der Waals surface area contributed by atoms with E-state index in [2.05, 4.69) is 51.8 Å². The molecule has 4 aliphatic heterocycles. The largest absolute Gasteiger partial charge is 0.507 e. The number of amides is 3. The van der Waals surface area contributed by atoms with Gasteiger partial charge in [-0.25, -0.2) is 9.97 Å². The van der Waals surface area contributed by atoms with E-state index < -0.39 is 29.5 Å². The van der Waals surface area contributed by atoms with Crippen molar-refractivity contribution in [3.8, 4) is 35.1 Å². The molecule has 5 N–H and O–H groups in total. The topological polar surface area (TPSA) is 214 Å². The number of ether oxygens (including phenoxy) is 1. The number of phenolic OH excluding ortho intramolecular Hbond substituents is 1. The Morgan fingerprint density at radius 2 is 1.69 bits per heavy atom. The molecule has 380 valence electrons. The molecule has 18 nitrogen and oxygen atoms in total. The van der Waals surface area contributed by atoms with Crippen molar-refractivity contribution in [1.82, 2.24) is 45.6 Å². The van der Waals surface area contributed by atoms with E-state index in [1.807, 2.05) is 51.4 Å². The second-order valence-electron chi connectivity index (χ2n) is 22.1. The summed E-state index contributed by atoms with van der Waals surface area (Å²) in [7, 11) is 1.50. The molecule has 72 heavy (non-hydrogen) atoms. The van der Waals surface area contributed by atoms with Gasteiger partial charge in [0.2, 0.25) is 23.7 Å². The van der Waals surface area contributed by atoms with Crippen LogP contribution < -0.4 is 30.5 Å². The predicted octanol–water partition coefficient (Wildman–Crippen LogP) is 4.47. The van der Waals surface area contributed by atoms with Crippen LogP contribution >= 0.6 is 0 Å². The number of rotatable bonds is 11. The Kier molecular flexibility index (Phi) is 13.7. The smallest absolute Gasteiger partial charge is 0.246 e. The van der Waals surface area contributed by atoms with Gasteiger partial charge in [0.1, 0.15) is 29.3 Å². The van der Waals surface area contributed by atoms with Gasteiger partial charge in [-0.15, -0.1) is 16.6 Å². The average Bonchev–Trinajstić information content (AvgIpc) is 3.79. The number of para-hydroxylation sites is 1. The van der Waals surface area contributed by atoms with Crippen LogP contribution in [0.4, 0.5) is 17.5 Å². The van der Waals surface area contributed by atoms with Crippen LogP contribution in [0.5, 0.6) is 11.5 Å². The molecule has 3 amide bonds. The van der Waals surface area contributed by atoms with Gasteiger partial charge in [0, 0.05) is 80.8 Å². The van der Waals surface area contributed by atoms with Crippen LogP contribution in [0.1, 0.15) is 101 Å². The lowest BCUT2D eigenvalue weighted by atomic mass is 9.56. The fraction of sp³-hybridized carbons (Fsp3) is 0.556. The molecule has 1 spiro atoms. The molecule has 6 aliphatic rings. The van der Waals surface area contributed by atoms with E-state index in [0.29, 0.717) is 40.2 Å². The third kappa shape index (κ3) is 9.97. The van der Waals surface area contributed by atoms with Crippen molar-refractivity contribution < 1.29 is 29.3 Å². The number of anilines is 3. The molecule has 0 radical (unpaired) electrons. The Bertz CT molecular complexity index is 2680. The molecule has 4 aromatic rings. The summed E-state index contributed by atoms with van der Waals surface area (Å²) >= 11 is 0. The number of hydrogen-bond acceptors (Lipinski definition) is 15. The number of hydrogen-bond donors (Lipinski definition) is 5. The fourth-order valence-electron chi connectivity index (χ4n) is 12.2. The normalized spacial score (nSPS) is 25.8. The summed E-state index contributed by atoms with van der Waals surface area (Å²) in [4.78, 5) is 64.7. The number of methoxy groups -OCH3 is 1. The van der Waals surface area contributed by atoms with Gasteiger partial charge < -0.3 is 50.5 Å². The molecular formula is C54H68N12O6. The Morgan fingerprint density at radius 3 is 2.40 bits per heavy atom. The number of aliphatic hydroxyl groups excluding tert-OH is 1. The minimum Gasteiger partial charge on any atom is -0.507 e. The zero-order valence-electron chi connectivity index (χ0n) is 41.9. The number of pyridine rings is 1. The van der Waals surface area contributed by atoms with E-state index >= 15 is 0 Å². The molecule has 3 saturated heterocycles. The summed E-state index contributed by atoms with van der Waals surface area (Å²) in [6, 6.07) is 9.89. The minimum absolute atomic E-state index is 0.00159. The second kappa shape index (κ2) is 20.1. The number of aromatic hydroxyl groups is 1. The molecule has 2 aliphatic carbocycles. The highest BCUT2D eigenvalue weighted by Gasteiger charge is 2.50. The van der Waals surface area contributed by atoms with Crippen molar-refractivity contribution in [3.63, 3.8) is 0 Å². The number of piperazine rings is 1. The lowest BCUT2D eigenvalue weighted by Gasteiger charge is -2.55. The molecule has 10 rings (SSSR count). The molecule has 1 aromatic carbocycles. The Labute approximate surface area is 421 Å². The lowest BCUT2D eigenvalue weighted by molar-refractivity contribution is -0.145. The lowest BCUT2D eigenvalue weighted by Crippen LogP contribution is -2.59. The fourth-order valence-corrected chi connectivity index (χ4v) is 12.2. The summed E-state index contributed by atoms with van der Waals surface area (Å²) in [6.07, 6.45) is 18.4. The molecular weight excluding hydrogens is 913 g/mol. The van der Waals surface area contributed by atoms with Gasteiger partial charge in [0.25, 0.3) is 0 Å². The number of aliphatic hydroxyl groups is 1. The molecule has 18 heteroatoms. The highest BCUT2D eigenvalue weighted by molar-refractivity contribution is 5.93. The third-order valence-corrected chi connectivity index (χ3v) is 16.5. The minimum atomic E-state index is -0.906. The molecule has 4 atom stereocenters. The van der Waals surface area contributed by atoms with Crippen LogP contribution in [0.25, 0.3) is 11.3 Å². The maximum Gasteiger partial charge on any atom is 0.246 e. The first kappa shape index (κ1) is 49.0. The van der Waals surface area contributed by atoms with E-state index in [1.165, 1.54) is 23.8 Å². The van der Waals surface area contributed by atoms with E-state index in [4.69, 9.17) is 21.1 Å². The van der Waals surface area contributed by atoms with Crippen molar-refractivity contribution in [2.45, 2.75) is 121 Å². The van der Waals surface area contributed by atoms with E-state index in [9.17, 15) is 24.6 Å². The maximum atomic E-state index is 14.3. The molecule has 0 bridgehead atoms. The first-order valence-corrected chi connectivity index (χ1v) is 25.7. The van der Waals surface area contributed by atoms with Gasteiger partial charge >= 0.3 is 0 Å². The Hall–Kier alpha value is -6.58. The number of benzene rings is 1. The second-order valence-corrected chi connectivity index (χ2v) is 22.1. The molecule has 0 unspecified atom stereocenters. The van der Waals surface area contributed by atoms with Crippen molar-refractivity contribution >= 4 is 35.2 Å². The SMILES string of the molecule is C#Cc1cnc(CNC(=O)[C@@H]2C[C@@H](O)CN2C(=O)[C@@H](NC(=O)C2CCC3(CC2)CC(N2CCC(c4cnc(N5CCN6c7cc(-c8ccccc8O)nnc7NC[C@H]6C5)nc4)CC2)C3)C(C)(C)C)c(OC)c1. The molecule has 7 heterocycles. The van der Waals surface area contributed by atoms with Crippen LogP contribution in [-0.4, -0.2) is 146 Å². The zero-order valence-corrected chi connectivity index (χ0v) is 41.9. The number of β-amino-alcohol motifs (C(OH)–C–C–N with tert-alkyl or cyclic N) is 1. The Balaban J connectivity index is 0.669. The van der Waals surface area contributed by atoms with Crippen molar-refractivity contribution in [2.24, 2.45) is 16.7 Å². The highest BCUT2D eigenvalue weighted by atomic mass is 16.5. The Morgan fingerprint density at radius 1 is 0.944 bits per heavy atom. The predicted molar refractivity (Wildman–Crippen MR) is 272 cm³/mol. The quantitative estimate of drug-likeness (QED) is 0.131. The van der Waals surface area contributed by atoms with Crippen molar-refractivity contribution in [1.29, 1.82) is 0 Å². The first-order chi connectivity index (χ1) is 34.7. The van der Waals surface area contributed by atoms with Crippen molar-refractivity contribution in [3.05, 3.63) is 71.8 Å². The highest BCUT2D eigenvalue weighted by Crippen LogP contribution is 2.55. The number of nitrogens with zero attached hydrogens (tertiary/aromatic N) is 9. The number of phenols is 1. The number of terminal acetylenes is 1. The van der Waals surface area contributed by atoms with E-state index in [1.54, 1.807) is 18.2 Å². The van der Waals surface area contributed by atoms with Gasteiger partial charge in [-0.1, -0.05) is 38.8 Å². The molecule has 3 aromatic heterocycles. The van der Waals surface area contributed by atoms with Crippen LogP contribution in [0.15, 0.2) is 55.0 Å². The van der Waals surface area contributed by atoms with Gasteiger partial charge in [0.15, 0.2) is 5.82 Å². The monoisotopic (exact) mass is 981 g/mol. The van der Waals surface area contributed by atoms with Gasteiger partial charge in [0.05, 0.1) is 37.2 Å². The van der Waals surface area contributed by atoms with Gasteiger partial charge in [-0.05, 0) is 111 Å². The van der Waals surface area contributed by atoms with Crippen LogP contribution in [0, 0.1) is 29.1 Å². The maximum absolute atomic E-state index is 14.3. The van der Waals surface area contributed by atoms with E-state index in [-0.39, 0.29) is 54.4 Å². The summed E-state index contributed by atoms with van der Waals surface area (Å²) in [5, 5.41) is 39.4. The van der Waals surface area contributed by atoms with Gasteiger partial charge in [-0.3, -0.25) is 19.4 Å². The number of carbonyl (C=O) groups is 3. The number of carbonyl (C=O) groups excluding carboxylic acids is 3. The summed E-state index contributed by atoms with van der Waals surface area (Å²) < 4.78 is 5.42. The molecule has 5 fully saturated rings. The molecule has 2 saturated carbocycles. The van der Waals surface area contributed by atoms with Crippen molar-refractivity contribution in [2.75, 3.05) is 68.0 Å². The first-order valence-electron chi connectivity index (χ1n) is 25.7. The number of piperidine rings is 1. The van der Waals surface area contributed by atoms with Crippen LogP contribution in [0.3, 0.4) is 0 Å². The number of likely N-dealkylation sites (tertiary alicyclic amines) is 2. The zero-order chi connectivity index (χ0) is 50.3. The van der Waals surface area contributed by atoms with E-state index in [0.717, 1.165) is 108 Å². The standard InChI is InChI=1S/C54H68N12O6/c1-6-33-21-46(72-5)42(55-26-33)30-57-50(70)44-22-39(67)32-66(44)51(71)47(53(2,3)4)60-49(69)35-11-15-54(16-12-35)24-37(25-54)63-17-13-34(14-18-63)36-27-58-52(59-28-36)64-19-20-65-38(31-64)29-56-48-43(65)23-41(61-62-48)40-9-7-8-10-45(40)68/h1,7-10,21,23,26-28,34-35,37-39,44,47,67-68H,11-20,22,24-25,29-32H2,2-5H3,(H,56,62)(H,57,70)(H,60,69)/t35?,37?,38-,39+,44-,47+,54?/m0/s1. The number of aromatic nitrogens is 5. The third-order valence-electron chi connectivity index (χ3n) is 16.5. The number of nitrogens with one attached hydrogen (secondary N) is 3. The van der Waals surface area contributed by atoms with Crippen LogP contribution in [0.2, 0.25) is 0 Å².